The molecule has 1 unspecified atom stereocenters. The molecule has 3 N–H and O–H groups in total. The molecular weight excluding hydrogens is 479 g/mol. The Kier molecular flexibility index (Phi) is 12.2. The molecule has 0 aliphatic carbocycles. The van der Waals surface area contributed by atoms with Gasteiger partial charge in [0.15, 0.2) is 0 Å². The molecule has 2 amide bonds. The van der Waals surface area contributed by atoms with Crippen LogP contribution in [0.15, 0.2) is 24.3 Å². The van der Waals surface area contributed by atoms with Crippen LogP contribution in [0.1, 0.15) is 63.9 Å². The van der Waals surface area contributed by atoms with Crippen molar-refractivity contribution in [2.24, 2.45) is 0 Å². The zero-order chi connectivity index (χ0) is 27.4. The lowest BCUT2D eigenvalue weighted by Gasteiger charge is -2.30. The molecule has 2 rings (SSSR count). The van der Waals surface area contributed by atoms with E-state index in [1.807, 2.05) is 12.1 Å². The minimum atomic E-state index is -5.19. The number of amides is 2. The summed E-state index contributed by atoms with van der Waals surface area (Å²) >= 11 is 0. The third-order valence-electron chi connectivity index (χ3n) is 6.06. The molecule has 36 heavy (non-hydrogen) atoms. The van der Waals surface area contributed by atoms with Gasteiger partial charge in [-0.05, 0) is 30.5 Å². The first-order valence-electron chi connectivity index (χ1n) is 12.2. The molecule has 1 aliphatic rings. The van der Waals surface area contributed by atoms with Gasteiger partial charge in [-0.3, -0.25) is 4.79 Å². The van der Waals surface area contributed by atoms with E-state index in [1.165, 1.54) is 44.1 Å². The van der Waals surface area contributed by atoms with Gasteiger partial charge >= 0.3 is 18.2 Å². The van der Waals surface area contributed by atoms with Crippen LogP contribution in [-0.2, 0) is 16.0 Å². The number of aryl methyl sites for hydroxylation is 1. The highest BCUT2D eigenvalue weighted by Crippen LogP contribution is 2.28. The highest BCUT2D eigenvalue weighted by Gasteiger charge is 2.47. The van der Waals surface area contributed by atoms with Crippen molar-refractivity contribution in [3.63, 3.8) is 0 Å². The molecule has 0 spiro atoms. The number of carbonyl (C=O) groups excluding carboxylic acids is 2. The molecule has 1 aliphatic heterocycles. The number of nitrogens with zero attached hydrogens (tertiary/aromatic N) is 1. The number of carbonyl (C=O) groups is 3. The van der Waals surface area contributed by atoms with Gasteiger partial charge in [-0.2, -0.15) is 13.2 Å². The molecule has 0 aromatic heterocycles. The molecule has 204 valence electrons. The summed E-state index contributed by atoms with van der Waals surface area (Å²) in [5.74, 6) is -3.89. The van der Waals surface area contributed by atoms with Gasteiger partial charge < -0.3 is 30.1 Å². The Hall–Kier alpha value is -2.82. The van der Waals surface area contributed by atoms with Gasteiger partial charge in [-0.1, -0.05) is 51.2 Å². The number of alkyl halides is 3. The minimum Gasteiger partial charge on any atom is -0.542 e. The van der Waals surface area contributed by atoms with Crippen molar-refractivity contribution in [3.8, 4) is 0 Å². The number of quaternary nitrogens is 1. The lowest BCUT2D eigenvalue weighted by molar-refractivity contribution is -0.879. The number of benzene rings is 1. The van der Waals surface area contributed by atoms with E-state index >= 15 is 0 Å². The summed E-state index contributed by atoms with van der Waals surface area (Å²) in [6, 6.07) is 7.63. The maximum atomic E-state index is 12.5. The van der Waals surface area contributed by atoms with Crippen molar-refractivity contribution < 1.29 is 42.3 Å². The molecule has 1 fully saturated rings. The number of hydrogen-bond donors (Lipinski definition) is 3. The largest absolute Gasteiger partial charge is 0.542 e. The Morgan fingerprint density at radius 2 is 1.61 bits per heavy atom. The lowest BCUT2D eigenvalue weighted by Crippen LogP contribution is -2.55. The van der Waals surface area contributed by atoms with Crippen LogP contribution in [0.5, 0.6) is 0 Å². The van der Waals surface area contributed by atoms with Crippen molar-refractivity contribution in [3.05, 3.63) is 29.8 Å². The van der Waals surface area contributed by atoms with Gasteiger partial charge in [0.25, 0.3) is 0 Å². The number of aliphatic carboxylic acids is 2. The Bertz CT molecular complexity index is 859. The molecule has 1 atom stereocenters. The van der Waals surface area contributed by atoms with Gasteiger partial charge in [0.05, 0.1) is 27.1 Å². The smallest absolute Gasteiger partial charge is 0.430 e. The fraction of sp³-hybridized carbons (Fsp3) is 0.640. The second-order valence-electron chi connectivity index (χ2n) is 10.00. The Balaban J connectivity index is 0.000000809. The highest BCUT2D eigenvalue weighted by molar-refractivity contribution is 5.90. The maximum Gasteiger partial charge on any atom is 0.430 e. The van der Waals surface area contributed by atoms with E-state index in [9.17, 15) is 27.9 Å². The quantitative estimate of drug-likeness (QED) is 0.306. The van der Waals surface area contributed by atoms with Crippen LogP contribution in [0.4, 0.5) is 23.7 Å². The van der Waals surface area contributed by atoms with Gasteiger partial charge in [0.1, 0.15) is 18.1 Å². The number of carboxylic acid groups (broad SMARTS) is 2. The van der Waals surface area contributed by atoms with E-state index in [0.717, 1.165) is 18.7 Å². The first kappa shape index (κ1) is 31.2. The van der Waals surface area contributed by atoms with E-state index in [1.54, 1.807) is 0 Å². The van der Waals surface area contributed by atoms with Crippen LogP contribution in [0.25, 0.3) is 0 Å². The summed E-state index contributed by atoms with van der Waals surface area (Å²) in [6.07, 6.45) is 4.17. The first-order valence-corrected chi connectivity index (χ1v) is 12.2. The van der Waals surface area contributed by atoms with E-state index in [0.29, 0.717) is 17.4 Å². The topological polar surface area (TPSA) is 119 Å². The van der Waals surface area contributed by atoms with E-state index in [-0.39, 0.29) is 12.5 Å². The van der Waals surface area contributed by atoms with E-state index in [2.05, 4.69) is 43.8 Å². The number of rotatable bonds is 11. The third-order valence-corrected chi connectivity index (χ3v) is 6.06. The molecule has 11 heteroatoms. The van der Waals surface area contributed by atoms with Crippen LogP contribution in [0.3, 0.4) is 0 Å². The molecular formula is C25H38F3N3O5. The molecule has 0 bridgehead atoms. The molecule has 1 aromatic carbocycles. The number of urea groups is 1. The number of likely N-dealkylation sites (tertiary alicyclic amines) is 1. The van der Waals surface area contributed by atoms with Gasteiger partial charge in [0.2, 0.25) is 0 Å². The SMILES string of the molecule is CCCCCCCCc1ccc(NC(=O)NC2(CC(=O)O)CC[N+](C)(C)C2)cc1.O=C([O-])C(F)(F)F. The number of hydrogen-bond acceptors (Lipinski definition) is 4. The highest BCUT2D eigenvalue weighted by atomic mass is 19.4. The van der Waals surface area contributed by atoms with Crippen LogP contribution < -0.4 is 15.7 Å². The van der Waals surface area contributed by atoms with Gasteiger partial charge in [0, 0.05) is 12.1 Å². The summed E-state index contributed by atoms with van der Waals surface area (Å²) in [6.45, 7) is 3.69. The summed E-state index contributed by atoms with van der Waals surface area (Å²) in [5, 5.41) is 23.9. The van der Waals surface area contributed by atoms with E-state index in [4.69, 9.17) is 9.90 Å². The van der Waals surface area contributed by atoms with E-state index < -0.39 is 23.7 Å². The van der Waals surface area contributed by atoms with Crippen LogP contribution in [0, 0.1) is 0 Å². The zero-order valence-electron chi connectivity index (χ0n) is 21.2. The number of nitrogens with one attached hydrogen (secondary N) is 2. The van der Waals surface area contributed by atoms with Crippen molar-refractivity contribution in [2.45, 2.75) is 76.4 Å². The molecule has 1 saturated heterocycles. The second-order valence-corrected chi connectivity index (χ2v) is 10.00. The number of likely N-dealkylation sites (N-methyl/N-ethyl adjacent to an activating group) is 1. The monoisotopic (exact) mass is 517 g/mol. The fourth-order valence-corrected chi connectivity index (χ4v) is 4.34. The van der Waals surface area contributed by atoms with Crippen LogP contribution >= 0.6 is 0 Å². The lowest BCUT2D eigenvalue weighted by atomic mass is 9.94. The first-order chi connectivity index (χ1) is 16.7. The average Bonchev–Trinajstić information content (AvgIpc) is 3.04. The molecule has 8 nitrogen and oxygen atoms in total. The third kappa shape index (κ3) is 12.2. The molecule has 1 aromatic rings. The summed E-state index contributed by atoms with van der Waals surface area (Å²) in [4.78, 5) is 32.6. The Morgan fingerprint density at radius 3 is 2.08 bits per heavy atom. The van der Waals surface area contributed by atoms with Crippen molar-refractivity contribution in [2.75, 3.05) is 32.5 Å². The predicted molar refractivity (Wildman–Crippen MR) is 128 cm³/mol. The number of unbranched alkanes of at least 4 members (excludes halogenated alkanes) is 5. The van der Waals surface area contributed by atoms with Gasteiger partial charge in [-0.15, -0.1) is 0 Å². The number of anilines is 1. The standard InChI is InChI=1S/C23H37N3O3.C2HF3O2/c1-4-5-6-7-8-9-10-19-11-13-20(14-12-19)24-22(29)25-23(17-21(27)28)15-16-26(2,3)18-23;3-2(4,5)1(6)7/h11-14H,4-10,15-18H2,1-3H3,(H2-,24,25,27,28,29);(H,6,7). The van der Waals surface area contributed by atoms with Crippen molar-refractivity contribution in [1.29, 1.82) is 0 Å². The fourth-order valence-electron chi connectivity index (χ4n) is 4.34. The minimum absolute atomic E-state index is 0.0563. The molecule has 1 heterocycles. The van der Waals surface area contributed by atoms with Crippen molar-refractivity contribution in [1.82, 2.24) is 5.32 Å². The molecule has 0 radical (unpaired) electrons. The predicted octanol–water partition coefficient (Wildman–Crippen LogP) is 3.70. The Labute approximate surface area is 210 Å². The summed E-state index contributed by atoms with van der Waals surface area (Å²) in [7, 11) is 4.12. The van der Waals surface area contributed by atoms with Crippen LogP contribution in [0.2, 0.25) is 0 Å². The number of halogens is 3. The van der Waals surface area contributed by atoms with Crippen LogP contribution in [-0.4, -0.2) is 66.5 Å². The van der Waals surface area contributed by atoms with Crippen molar-refractivity contribution >= 4 is 23.7 Å². The summed E-state index contributed by atoms with van der Waals surface area (Å²) in [5.41, 5.74) is 1.31. The number of carboxylic acids is 2. The average molecular weight is 518 g/mol. The maximum absolute atomic E-state index is 12.5. The Morgan fingerprint density at radius 1 is 1.06 bits per heavy atom. The van der Waals surface area contributed by atoms with Gasteiger partial charge in [-0.25, -0.2) is 4.79 Å². The second kappa shape index (κ2) is 14.1. The summed E-state index contributed by atoms with van der Waals surface area (Å²) < 4.78 is 32.3. The molecule has 0 saturated carbocycles. The zero-order valence-corrected chi connectivity index (χ0v) is 21.2. The normalized spacial score (nSPS) is 18.6.